The SMILES string of the molecule is Cc1c(C#N)c(NC(=O)CN2CCN(C(=O)C3CCCCC3)CC2)n(Cc2ccccc2)c1C. The Morgan fingerprint density at radius 1 is 1.03 bits per heavy atom. The van der Waals surface area contributed by atoms with Crippen LogP contribution in [0.1, 0.15) is 54.5 Å². The van der Waals surface area contributed by atoms with Crippen LogP contribution >= 0.6 is 0 Å². The second-order valence-corrected chi connectivity index (χ2v) is 9.60. The maximum absolute atomic E-state index is 13.0. The van der Waals surface area contributed by atoms with Crippen LogP contribution < -0.4 is 5.32 Å². The van der Waals surface area contributed by atoms with Crippen molar-refractivity contribution in [1.29, 1.82) is 5.26 Å². The average molecular weight is 462 g/mol. The topological polar surface area (TPSA) is 81.4 Å². The predicted molar refractivity (Wildman–Crippen MR) is 132 cm³/mol. The number of aromatic nitrogens is 1. The summed E-state index contributed by atoms with van der Waals surface area (Å²) in [7, 11) is 0. The third-order valence-electron chi connectivity index (χ3n) is 7.39. The molecule has 180 valence electrons. The Balaban J connectivity index is 1.37. The van der Waals surface area contributed by atoms with E-state index in [1.807, 2.05) is 53.6 Å². The molecule has 1 N–H and O–H groups in total. The van der Waals surface area contributed by atoms with E-state index < -0.39 is 0 Å². The van der Waals surface area contributed by atoms with Crippen LogP contribution in [-0.4, -0.2) is 58.9 Å². The maximum Gasteiger partial charge on any atom is 0.239 e. The number of nitrogens with zero attached hydrogens (tertiary/aromatic N) is 4. The molecule has 1 aliphatic heterocycles. The molecule has 1 aromatic heterocycles. The highest BCUT2D eigenvalue weighted by Crippen LogP contribution is 2.28. The number of nitriles is 1. The summed E-state index contributed by atoms with van der Waals surface area (Å²) in [5, 5.41) is 12.8. The van der Waals surface area contributed by atoms with Crippen molar-refractivity contribution in [2.75, 3.05) is 38.0 Å². The summed E-state index contributed by atoms with van der Waals surface area (Å²) < 4.78 is 2.02. The molecule has 34 heavy (non-hydrogen) atoms. The normalized spacial score (nSPS) is 17.4. The molecule has 7 nitrogen and oxygen atoms in total. The average Bonchev–Trinajstić information content (AvgIpc) is 3.08. The van der Waals surface area contributed by atoms with Gasteiger partial charge in [0.15, 0.2) is 0 Å². The third-order valence-corrected chi connectivity index (χ3v) is 7.39. The Hall–Kier alpha value is -3.11. The number of carbonyl (C=O) groups is 2. The number of hydrogen-bond acceptors (Lipinski definition) is 4. The van der Waals surface area contributed by atoms with Crippen molar-refractivity contribution < 1.29 is 9.59 Å². The number of hydrogen-bond donors (Lipinski definition) is 1. The van der Waals surface area contributed by atoms with Gasteiger partial charge in [-0.25, -0.2) is 0 Å². The van der Waals surface area contributed by atoms with E-state index in [4.69, 9.17) is 0 Å². The Bertz CT molecular complexity index is 1050. The van der Waals surface area contributed by atoms with E-state index in [2.05, 4.69) is 16.3 Å². The lowest BCUT2D eigenvalue weighted by Gasteiger charge is -2.36. The Morgan fingerprint density at radius 2 is 1.71 bits per heavy atom. The molecule has 0 atom stereocenters. The van der Waals surface area contributed by atoms with E-state index in [1.165, 1.54) is 6.42 Å². The second-order valence-electron chi connectivity index (χ2n) is 9.60. The predicted octanol–water partition coefficient (Wildman–Crippen LogP) is 3.69. The highest BCUT2D eigenvalue weighted by molar-refractivity contribution is 5.93. The molecule has 1 aromatic carbocycles. The fourth-order valence-corrected chi connectivity index (χ4v) is 5.20. The van der Waals surface area contributed by atoms with E-state index in [-0.39, 0.29) is 18.4 Å². The first-order valence-electron chi connectivity index (χ1n) is 12.4. The van der Waals surface area contributed by atoms with Crippen LogP contribution in [0.3, 0.4) is 0 Å². The molecule has 1 saturated carbocycles. The minimum Gasteiger partial charge on any atom is -0.340 e. The van der Waals surface area contributed by atoms with Crippen LogP contribution in [-0.2, 0) is 16.1 Å². The number of nitrogens with one attached hydrogen (secondary N) is 1. The van der Waals surface area contributed by atoms with Gasteiger partial charge in [-0.3, -0.25) is 14.5 Å². The molecule has 2 heterocycles. The molecule has 0 spiro atoms. The molecule has 2 amide bonds. The zero-order chi connectivity index (χ0) is 24.1. The van der Waals surface area contributed by atoms with Crippen molar-refractivity contribution in [3.8, 4) is 6.07 Å². The molecule has 2 fully saturated rings. The zero-order valence-electron chi connectivity index (χ0n) is 20.3. The standard InChI is InChI=1S/C27H35N5O2/c1-20-21(2)32(18-22-9-5-3-6-10-22)26(24(20)17-28)29-25(33)19-30-13-15-31(16-14-30)27(34)23-11-7-4-8-12-23/h3,5-6,9-10,23H,4,7-8,11-16,18-19H2,1-2H3,(H,29,33). The Labute approximate surface area is 202 Å². The largest absolute Gasteiger partial charge is 0.340 e. The molecule has 7 heteroatoms. The molecule has 2 aromatic rings. The number of piperazine rings is 1. The first-order valence-corrected chi connectivity index (χ1v) is 12.4. The molecule has 0 bridgehead atoms. The van der Waals surface area contributed by atoms with E-state index in [0.717, 1.165) is 42.5 Å². The summed E-state index contributed by atoms with van der Waals surface area (Å²) in [4.78, 5) is 29.9. The number of anilines is 1. The second kappa shape index (κ2) is 10.9. The first kappa shape index (κ1) is 24.0. The molecule has 1 aliphatic carbocycles. The number of benzene rings is 1. The molecule has 4 rings (SSSR count). The summed E-state index contributed by atoms with van der Waals surface area (Å²) in [5.41, 5.74) is 3.50. The molecule has 2 aliphatic rings. The monoisotopic (exact) mass is 461 g/mol. The van der Waals surface area contributed by atoms with E-state index in [9.17, 15) is 14.9 Å². The van der Waals surface area contributed by atoms with E-state index in [0.29, 0.717) is 50.0 Å². The van der Waals surface area contributed by atoms with Crippen molar-refractivity contribution in [2.45, 2.75) is 52.5 Å². The summed E-state index contributed by atoms with van der Waals surface area (Å²) in [6, 6.07) is 12.3. The summed E-state index contributed by atoms with van der Waals surface area (Å²) in [5.74, 6) is 0.928. The Morgan fingerprint density at radius 3 is 2.35 bits per heavy atom. The van der Waals surface area contributed by atoms with Gasteiger partial charge in [0, 0.05) is 44.3 Å². The fourth-order valence-electron chi connectivity index (χ4n) is 5.20. The zero-order valence-corrected chi connectivity index (χ0v) is 20.3. The molecule has 0 unspecified atom stereocenters. The van der Waals surface area contributed by atoms with Crippen molar-refractivity contribution in [2.24, 2.45) is 5.92 Å². The molecular weight excluding hydrogens is 426 g/mol. The van der Waals surface area contributed by atoms with Crippen molar-refractivity contribution in [3.05, 3.63) is 52.7 Å². The van der Waals surface area contributed by atoms with Gasteiger partial charge in [-0.05, 0) is 37.8 Å². The Kier molecular flexibility index (Phi) is 7.69. The van der Waals surface area contributed by atoms with Crippen molar-refractivity contribution in [3.63, 3.8) is 0 Å². The van der Waals surface area contributed by atoms with E-state index in [1.54, 1.807) is 0 Å². The molecule has 0 radical (unpaired) electrons. The van der Waals surface area contributed by atoms with Crippen molar-refractivity contribution >= 4 is 17.6 Å². The summed E-state index contributed by atoms with van der Waals surface area (Å²) >= 11 is 0. The highest BCUT2D eigenvalue weighted by atomic mass is 16.2. The number of amides is 2. The van der Waals surface area contributed by atoms with Crippen LogP contribution in [0.25, 0.3) is 0 Å². The van der Waals surface area contributed by atoms with Crippen LogP contribution in [0.15, 0.2) is 30.3 Å². The van der Waals surface area contributed by atoms with Gasteiger partial charge in [-0.15, -0.1) is 0 Å². The molecular formula is C27H35N5O2. The van der Waals surface area contributed by atoms with Gasteiger partial charge in [-0.2, -0.15) is 5.26 Å². The minimum atomic E-state index is -0.129. The van der Waals surface area contributed by atoms with Crippen LogP contribution in [0.5, 0.6) is 0 Å². The van der Waals surface area contributed by atoms with E-state index >= 15 is 0 Å². The smallest absolute Gasteiger partial charge is 0.239 e. The fraction of sp³-hybridized carbons (Fsp3) is 0.519. The quantitative estimate of drug-likeness (QED) is 0.711. The number of carbonyl (C=O) groups excluding carboxylic acids is 2. The van der Waals surface area contributed by atoms with Crippen LogP contribution in [0.2, 0.25) is 0 Å². The summed E-state index contributed by atoms with van der Waals surface area (Å²) in [6.07, 6.45) is 5.60. The highest BCUT2D eigenvalue weighted by Gasteiger charge is 2.29. The van der Waals surface area contributed by atoms with Gasteiger partial charge in [0.1, 0.15) is 11.9 Å². The van der Waals surface area contributed by atoms with Gasteiger partial charge in [0.2, 0.25) is 11.8 Å². The lowest BCUT2D eigenvalue weighted by atomic mass is 9.88. The lowest BCUT2D eigenvalue weighted by molar-refractivity contribution is -0.138. The van der Waals surface area contributed by atoms with Crippen molar-refractivity contribution in [1.82, 2.24) is 14.4 Å². The lowest BCUT2D eigenvalue weighted by Crippen LogP contribution is -2.52. The number of rotatable bonds is 6. The van der Waals surface area contributed by atoms with Gasteiger partial charge >= 0.3 is 0 Å². The third kappa shape index (κ3) is 5.34. The first-order chi connectivity index (χ1) is 16.5. The van der Waals surface area contributed by atoms with Crippen LogP contribution in [0, 0.1) is 31.1 Å². The van der Waals surface area contributed by atoms with Gasteiger partial charge in [0.25, 0.3) is 0 Å². The van der Waals surface area contributed by atoms with Gasteiger partial charge in [0.05, 0.1) is 12.1 Å². The summed E-state index contributed by atoms with van der Waals surface area (Å²) in [6.45, 7) is 7.49. The molecule has 1 saturated heterocycles. The van der Waals surface area contributed by atoms with Crippen LogP contribution in [0.4, 0.5) is 5.82 Å². The van der Waals surface area contributed by atoms with Gasteiger partial charge in [-0.1, -0.05) is 49.6 Å². The van der Waals surface area contributed by atoms with Gasteiger partial charge < -0.3 is 14.8 Å². The minimum absolute atomic E-state index is 0.129. The maximum atomic E-state index is 13.0.